The van der Waals surface area contributed by atoms with Crippen molar-refractivity contribution in [2.45, 2.75) is 51.7 Å². The molecule has 0 unspecified atom stereocenters. The number of halogens is 3. The largest absolute Gasteiger partial charge is 0.421 e. The number of aromatic nitrogens is 2. The van der Waals surface area contributed by atoms with E-state index in [-0.39, 0.29) is 22.2 Å². The van der Waals surface area contributed by atoms with E-state index in [1.165, 1.54) is 19.2 Å². The number of benzene rings is 2. The normalized spacial score (nSPS) is 12.2. The van der Waals surface area contributed by atoms with Crippen LogP contribution in [0, 0.1) is 0 Å². The van der Waals surface area contributed by atoms with Gasteiger partial charge in [0.25, 0.3) is 5.91 Å². The Balaban J connectivity index is 1.82. The molecule has 198 valence electrons. The third-order valence-electron chi connectivity index (χ3n) is 6.36. The molecule has 0 bridgehead atoms. The maximum absolute atomic E-state index is 13.7. The van der Waals surface area contributed by atoms with Crippen molar-refractivity contribution in [3.8, 4) is 0 Å². The van der Waals surface area contributed by atoms with E-state index in [2.05, 4.69) is 59.8 Å². The molecule has 3 N–H and O–H groups in total. The van der Waals surface area contributed by atoms with Crippen LogP contribution in [0.2, 0.25) is 18.1 Å². The first-order valence-electron chi connectivity index (χ1n) is 11.7. The zero-order valence-corrected chi connectivity index (χ0v) is 22.7. The highest BCUT2D eigenvalue weighted by molar-refractivity contribution is 6.74. The molecule has 0 saturated heterocycles. The van der Waals surface area contributed by atoms with E-state index >= 15 is 0 Å². The van der Waals surface area contributed by atoms with Crippen LogP contribution in [0.25, 0.3) is 0 Å². The Kier molecular flexibility index (Phi) is 8.28. The molecule has 3 aromatic rings. The molecule has 7 nitrogen and oxygen atoms in total. The van der Waals surface area contributed by atoms with Crippen LogP contribution in [0.5, 0.6) is 0 Å². The van der Waals surface area contributed by atoms with Gasteiger partial charge in [0.05, 0.1) is 17.9 Å². The molecule has 1 aromatic heterocycles. The second-order valence-electron chi connectivity index (χ2n) is 10.1. The first-order chi connectivity index (χ1) is 17.2. The summed E-state index contributed by atoms with van der Waals surface area (Å²) in [4.78, 5) is 20.1. The molecule has 0 spiro atoms. The van der Waals surface area contributed by atoms with Crippen molar-refractivity contribution in [3.05, 3.63) is 71.4 Å². The zero-order valence-electron chi connectivity index (χ0n) is 21.7. The average molecular weight is 532 g/mol. The summed E-state index contributed by atoms with van der Waals surface area (Å²) in [6.07, 6.45) is -3.99. The van der Waals surface area contributed by atoms with Gasteiger partial charge in [-0.05, 0) is 48.0 Å². The Morgan fingerprint density at radius 2 is 1.65 bits per heavy atom. The highest BCUT2D eigenvalue weighted by atomic mass is 28.4. The van der Waals surface area contributed by atoms with Gasteiger partial charge in [-0.1, -0.05) is 45.0 Å². The van der Waals surface area contributed by atoms with Crippen LogP contribution in [0.4, 0.5) is 36.3 Å². The third kappa shape index (κ3) is 7.07. The van der Waals surface area contributed by atoms with E-state index in [9.17, 15) is 18.0 Å². The number of anilines is 4. The van der Waals surface area contributed by atoms with E-state index in [1.807, 2.05) is 12.1 Å². The second kappa shape index (κ2) is 10.9. The highest BCUT2D eigenvalue weighted by Crippen LogP contribution is 2.37. The molecule has 0 fully saturated rings. The van der Waals surface area contributed by atoms with Crippen molar-refractivity contribution in [2.75, 3.05) is 17.7 Å². The number of hydrogen-bond acceptors (Lipinski definition) is 6. The number of nitrogens with one attached hydrogen (secondary N) is 3. The number of rotatable bonds is 8. The first kappa shape index (κ1) is 28.1. The standard InChI is InChI=1S/C26H32F3N5O2Si/c1-25(2,3)37(5,6)36-16-17-11-13-18(14-12-17)32-24-31-15-20(26(27,28)29)22(34-24)33-21-10-8-7-9-19(21)23(35)30-4/h7-15H,16H2,1-6H3,(H,30,35)(H2,31,32,33,34). The summed E-state index contributed by atoms with van der Waals surface area (Å²) >= 11 is 0. The van der Waals surface area contributed by atoms with Gasteiger partial charge in [0, 0.05) is 18.9 Å². The first-order valence-corrected chi connectivity index (χ1v) is 14.6. The van der Waals surface area contributed by atoms with Crippen LogP contribution in [-0.4, -0.2) is 31.2 Å². The van der Waals surface area contributed by atoms with Crippen molar-refractivity contribution in [1.29, 1.82) is 0 Å². The van der Waals surface area contributed by atoms with Crippen molar-refractivity contribution < 1.29 is 22.4 Å². The van der Waals surface area contributed by atoms with E-state index < -0.39 is 31.8 Å². The molecule has 11 heteroatoms. The Morgan fingerprint density at radius 1 is 1.00 bits per heavy atom. The fourth-order valence-electron chi connectivity index (χ4n) is 3.09. The molecule has 1 amide bonds. The van der Waals surface area contributed by atoms with Crippen LogP contribution in [0.3, 0.4) is 0 Å². The predicted molar refractivity (Wildman–Crippen MR) is 142 cm³/mol. The van der Waals surface area contributed by atoms with Gasteiger partial charge < -0.3 is 20.4 Å². The molecule has 1 heterocycles. The minimum Gasteiger partial charge on any atom is -0.413 e. The molecule has 0 aliphatic rings. The number of carbonyl (C=O) groups excluding carboxylic acids is 1. The van der Waals surface area contributed by atoms with E-state index in [0.717, 1.165) is 5.56 Å². The summed E-state index contributed by atoms with van der Waals surface area (Å²) in [5.74, 6) is -0.944. The van der Waals surface area contributed by atoms with Gasteiger partial charge >= 0.3 is 6.18 Å². The average Bonchev–Trinajstić information content (AvgIpc) is 2.82. The van der Waals surface area contributed by atoms with Crippen molar-refractivity contribution in [3.63, 3.8) is 0 Å². The molecular weight excluding hydrogens is 499 g/mol. The number of nitrogens with zero attached hydrogens (tertiary/aromatic N) is 2. The lowest BCUT2D eigenvalue weighted by atomic mass is 10.1. The number of amides is 1. The monoisotopic (exact) mass is 531 g/mol. The predicted octanol–water partition coefficient (Wildman–Crippen LogP) is 6.86. The second-order valence-corrected chi connectivity index (χ2v) is 14.9. The van der Waals surface area contributed by atoms with Gasteiger partial charge in [0.2, 0.25) is 5.95 Å². The lowest BCUT2D eigenvalue weighted by molar-refractivity contribution is -0.137. The minimum absolute atomic E-state index is 0.0294. The van der Waals surface area contributed by atoms with Crippen LogP contribution in [0.15, 0.2) is 54.7 Å². The third-order valence-corrected chi connectivity index (χ3v) is 10.8. The van der Waals surface area contributed by atoms with Gasteiger partial charge in [-0.3, -0.25) is 4.79 Å². The van der Waals surface area contributed by atoms with Crippen molar-refractivity contribution >= 4 is 37.4 Å². The highest BCUT2D eigenvalue weighted by Gasteiger charge is 2.37. The molecule has 0 radical (unpaired) electrons. The van der Waals surface area contributed by atoms with E-state index in [0.29, 0.717) is 18.5 Å². The van der Waals surface area contributed by atoms with Gasteiger partial charge in [-0.25, -0.2) is 4.98 Å². The summed E-state index contributed by atoms with van der Waals surface area (Å²) < 4.78 is 47.3. The Morgan fingerprint density at radius 3 is 2.24 bits per heavy atom. The minimum atomic E-state index is -4.70. The molecular formula is C26H32F3N5O2Si. The Labute approximate surface area is 216 Å². The molecule has 37 heavy (non-hydrogen) atoms. The number of hydrogen-bond donors (Lipinski definition) is 3. The summed E-state index contributed by atoms with van der Waals surface area (Å²) in [5, 5.41) is 8.17. The molecule has 0 saturated carbocycles. The van der Waals surface area contributed by atoms with Crippen molar-refractivity contribution in [1.82, 2.24) is 15.3 Å². The molecule has 2 aromatic carbocycles. The van der Waals surface area contributed by atoms with Crippen LogP contribution < -0.4 is 16.0 Å². The van der Waals surface area contributed by atoms with Gasteiger partial charge in [0.1, 0.15) is 11.4 Å². The maximum atomic E-state index is 13.7. The van der Waals surface area contributed by atoms with Crippen LogP contribution >= 0.6 is 0 Å². The van der Waals surface area contributed by atoms with Gasteiger partial charge in [-0.15, -0.1) is 0 Å². The summed E-state index contributed by atoms with van der Waals surface area (Å²) in [7, 11) is -0.453. The summed E-state index contributed by atoms with van der Waals surface area (Å²) in [6, 6.07) is 13.6. The van der Waals surface area contributed by atoms with E-state index in [1.54, 1.807) is 24.3 Å². The molecule has 0 aliphatic carbocycles. The molecule has 0 atom stereocenters. The number of carbonyl (C=O) groups is 1. The lowest BCUT2D eigenvalue weighted by Crippen LogP contribution is -2.40. The van der Waals surface area contributed by atoms with Gasteiger partial charge in [0.15, 0.2) is 8.32 Å². The van der Waals surface area contributed by atoms with Crippen LogP contribution in [0.1, 0.15) is 42.3 Å². The smallest absolute Gasteiger partial charge is 0.413 e. The molecule has 0 aliphatic heterocycles. The fourth-order valence-corrected chi connectivity index (χ4v) is 4.05. The fraction of sp³-hybridized carbons (Fsp3) is 0.346. The lowest BCUT2D eigenvalue weighted by Gasteiger charge is -2.36. The van der Waals surface area contributed by atoms with Crippen molar-refractivity contribution in [2.24, 2.45) is 0 Å². The SMILES string of the molecule is CNC(=O)c1ccccc1Nc1nc(Nc2ccc(CO[Si](C)(C)C(C)(C)C)cc2)ncc1C(F)(F)F. The summed E-state index contributed by atoms with van der Waals surface area (Å²) in [5.41, 5.74) is 0.900. The van der Waals surface area contributed by atoms with Gasteiger partial charge in [-0.2, -0.15) is 18.2 Å². The summed E-state index contributed by atoms with van der Waals surface area (Å²) in [6.45, 7) is 11.4. The number of alkyl halides is 3. The zero-order chi connectivity index (χ0) is 27.4. The Bertz CT molecular complexity index is 1240. The Hall–Kier alpha value is -3.44. The number of para-hydroxylation sites is 1. The maximum Gasteiger partial charge on any atom is 0.421 e. The topological polar surface area (TPSA) is 88.2 Å². The molecule has 3 rings (SSSR count). The van der Waals surface area contributed by atoms with Crippen LogP contribution in [-0.2, 0) is 17.2 Å². The van der Waals surface area contributed by atoms with E-state index in [4.69, 9.17) is 4.43 Å². The quantitative estimate of drug-likeness (QED) is 0.275.